The average Bonchev–Trinajstić information content (AvgIpc) is 2.44. The van der Waals surface area contributed by atoms with E-state index in [-0.39, 0.29) is 0 Å². The number of nitrogens with one attached hydrogen (secondary N) is 1. The molecule has 0 fully saturated rings. The van der Waals surface area contributed by atoms with E-state index in [0.29, 0.717) is 25.3 Å². The van der Waals surface area contributed by atoms with Crippen molar-refractivity contribution in [3.63, 3.8) is 0 Å². The normalized spacial score (nSPS) is 11.2. The van der Waals surface area contributed by atoms with Gasteiger partial charge in [-0.1, -0.05) is 21.0 Å². The summed E-state index contributed by atoms with van der Waals surface area (Å²) in [5.41, 5.74) is 8.98. The van der Waals surface area contributed by atoms with Crippen molar-refractivity contribution in [3.8, 4) is 11.8 Å². The van der Waals surface area contributed by atoms with E-state index in [0.717, 1.165) is 10.0 Å². The van der Waals surface area contributed by atoms with E-state index < -0.39 is 6.04 Å². The van der Waals surface area contributed by atoms with Crippen LogP contribution < -0.4 is 10.1 Å². The van der Waals surface area contributed by atoms with Crippen molar-refractivity contribution >= 4 is 15.9 Å². The molecule has 0 heterocycles. The van der Waals surface area contributed by atoms with Gasteiger partial charge in [-0.3, -0.25) is 5.32 Å². The van der Waals surface area contributed by atoms with Crippen LogP contribution in [0.1, 0.15) is 18.0 Å². The van der Waals surface area contributed by atoms with Crippen LogP contribution in [0.2, 0.25) is 0 Å². The quantitative estimate of drug-likeness (QED) is 0.361. The summed E-state index contributed by atoms with van der Waals surface area (Å²) in [6.45, 7) is 1.02. The fourth-order valence-electron chi connectivity index (χ4n) is 1.54. The average molecular weight is 324 g/mol. The minimum absolute atomic E-state index is 0.418. The van der Waals surface area contributed by atoms with Crippen LogP contribution in [0.5, 0.6) is 5.75 Å². The second-order valence-electron chi connectivity index (χ2n) is 3.71. The van der Waals surface area contributed by atoms with Gasteiger partial charge < -0.3 is 4.74 Å². The number of rotatable bonds is 7. The number of benzene rings is 1. The molecular weight excluding hydrogens is 310 g/mol. The Balaban J connectivity index is 2.69. The smallest absolute Gasteiger partial charge is 0.122 e. The number of hydrogen-bond donors (Lipinski definition) is 1. The van der Waals surface area contributed by atoms with Crippen LogP contribution in [0.25, 0.3) is 10.4 Å². The highest BCUT2D eigenvalue weighted by atomic mass is 79.9. The molecule has 0 amide bonds. The molecule has 1 rings (SSSR count). The second kappa shape index (κ2) is 8.38. The Morgan fingerprint density at radius 1 is 1.63 bits per heavy atom. The van der Waals surface area contributed by atoms with Crippen molar-refractivity contribution in [3.05, 3.63) is 38.7 Å². The van der Waals surface area contributed by atoms with Crippen molar-refractivity contribution in [1.29, 1.82) is 5.26 Å². The Bertz CT molecular complexity index is 507. The van der Waals surface area contributed by atoms with Gasteiger partial charge in [-0.15, -0.1) is 0 Å². The van der Waals surface area contributed by atoms with E-state index in [1.807, 2.05) is 18.2 Å². The predicted octanol–water partition coefficient (Wildman–Crippen LogP) is 3.31. The third-order valence-electron chi connectivity index (χ3n) is 2.49. The number of hydrogen-bond acceptors (Lipinski definition) is 4. The van der Waals surface area contributed by atoms with Crippen LogP contribution in [0, 0.1) is 11.3 Å². The van der Waals surface area contributed by atoms with Gasteiger partial charge in [0.2, 0.25) is 0 Å². The van der Waals surface area contributed by atoms with E-state index in [4.69, 9.17) is 10.3 Å². The monoisotopic (exact) mass is 323 g/mol. The second-order valence-corrected chi connectivity index (χ2v) is 4.57. The third-order valence-corrected chi connectivity index (χ3v) is 3.21. The molecule has 0 saturated carbocycles. The van der Waals surface area contributed by atoms with Gasteiger partial charge in [0.15, 0.2) is 0 Å². The summed E-state index contributed by atoms with van der Waals surface area (Å²) in [6.07, 6.45) is 0.684. The molecule has 0 spiro atoms. The van der Waals surface area contributed by atoms with E-state index in [1.165, 1.54) is 0 Å². The molecule has 1 aromatic carbocycles. The lowest BCUT2D eigenvalue weighted by Crippen LogP contribution is -2.22. The van der Waals surface area contributed by atoms with Gasteiger partial charge in [0.25, 0.3) is 0 Å². The Hall–Kier alpha value is -1.74. The summed E-state index contributed by atoms with van der Waals surface area (Å²) in [4.78, 5) is 2.68. The molecule has 7 heteroatoms. The van der Waals surface area contributed by atoms with Crippen molar-refractivity contribution in [2.24, 2.45) is 5.11 Å². The highest BCUT2D eigenvalue weighted by Gasteiger charge is 2.13. The first kappa shape index (κ1) is 15.3. The third kappa shape index (κ3) is 4.79. The van der Waals surface area contributed by atoms with Gasteiger partial charge in [0.1, 0.15) is 11.8 Å². The van der Waals surface area contributed by atoms with E-state index >= 15 is 0 Å². The van der Waals surface area contributed by atoms with Crippen molar-refractivity contribution in [2.75, 3.05) is 20.2 Å². The number of ether oxygens (including phenoxy) is 1. The number of methoxy groups -OCH3 is 1. The highest BCUT2D eigenvalue weighted by molar-refractivity contribution is 9.10. The molecule has 0 radical (unpaired) electrons. The molecular formula is C12H14BrN5O. The van der Waals surface area contributed by atoms with Gasteiger partial charge in [-0.2, -0.15) is 5.26 Å². The summed E-state index contributed by atoms with van der Waals surface area (Å²) in [5.74, 6) is 0.703. The minimum Gasteiger partial charge on any atom is -0.497 e. The lowest BCUT2D eigenvalue weighted by molar-refractivity contribution is 0.413. The molecule has 1 atom stereocenters. The summed E-state index contributed by atoms with van der Waals surface area (Å²) in [7, 11) is 1.59. The Morgan fingerprint density at radius 2 is 2.42 bits per heavy atom. The van der Waals surface area contributed by atoms with Crippen LogP contribution in [0.15, 0.2) is 27.8 Å². The van der Waals surface area contributed by atoms with Crippen LogP contribution in [0.3, 0.4) is 0 Å². The maximum absolute atomic E-state index is 9.21. The van der Waals surface area contributed by atoms with Crippen molar-refractivity contribution in [2.45, 2.75) is 12.5 Å². The zero-order valence-corrected chi connectivity index (χ0v) is 12.1. The van der Waals surface area contributed by atoms with Gasteiger partial charge in [0.05, 0.1) is 13.2 Å². The van der Waals surface area contributed by atoms with Crippen LogP contribution in [-0.4, -0.2) is 20.2 Å². The Kier molecular flexibility index (Phi) is 6.75. The topological polar surface area (TPSA) is 93.8 Å². The predicted molar refractivity (Wildman–Crippen MR) is 75.7 cm³/mol. The standard InChI is InChI=1S/C12H14BrN5O/c1-19-9-3-4-11(13)10(7-9)12(8-14)16-5-2-6-17-18-15/h3-4,7,12,16H,2,5-6H2,1H3. The van der Waals surface area contributed by atoms with Gasteiger partial charge in [0, 0.05) is 21.5 Å². The van der Waals surface area contributed by atoms with Crippen molar-refractivity contribution < 1.29 is 4.74 Å². The number of halogens is 1. The molecule has 0 saturated heterocycles. The maximum atomic E-state index is 9.21. The SMILES string of the molecule is COc1ccc(Br)c(C(C#N)NCCCN=[N+]=[N-])c1. The van der Waals surface area contributed by atoms with Crippen LogP contribution in [-0.2, 0) is 0 Å². The summed E-state index contributed by atoms with van der Waals surface area (Å²) in [6, 6.07) is 7.25. The number of nitriles is 1. The summed E-state index contributed by atoms with van der Waals surface area (Å²) in [5, 5.41) is 15.8. The molecule has 0 aromatic heterocycles. The zero-order valence-electron chi connectivity index (χ0n) is 10.5. The molecule has 0 bridgehead atoms. The fourth-order valence-corrected chi connectivity index (χ4v) is 2.01. The molecule has 1 unspecified atom stereocenters. The van der Waals surface area contributed by atoms with Crippen molar-refractivity contribution in [1.82, 2.24) is 5.32 Å². The molecule has 0 aliphatic carbocycles. The molecule has 1 aromatic rings. The Morgan fingerprint density at radius 3 is 3.05 bits per heavy atom. The van der Waals surface area contributed by atoms with Crippen LogP contribution in [0.4, 0.5) is 0 Å². The molecule has 6 nitrogen and oxygen atoms in total. The van der Waals surface area contributed by atoms with E-state index in [1.54, 1.807) is 7.11 Å². The lowest BCUT2D eigenvalue weighted by atomic mass is 10.1. The highest BCUT2D eigenvalue weighted by Crippen LogP contribution is 2.27. The molecule has 1 N–H and O–H groups in total. The maximum Gasteiger partial charge on any atom is 0.122 e. The zero-order chi connectivity index (χ0) is 14.1. The number of nitrogens with zero attached hydrogens (tertiary/aromatic N) is 4. The first-order chi connectivity index (χ1) is 9.22. The molecule has 19 heavy (non-hydrogen) atoms. The minimum atomic E-state index is -0.435. The molecule has 100 valence electrons. The number of azide groups is 1. The van der Waals surface area contributed by atoms with Gasteiger partial charge in [-0.25, -0.2) is 0 Å². The van der Waals surface area contributed by atoms with Gasteiger partial charge in [-0.05, 0) is 36.7 Å². The van der Waals surface area contributed by atoms with E-state index in [2.05, 4.69) is 37.3 Å². The molecule has 0 aliphatic heterocycles. The Labute approximate surface area is 120 Å². The van der Waals surface area contributed by atoms with Crippen LogP contribution >= 0.6 is 15.9 Å². The van der Waals surface area contributed by atoms with E-state index in [9.17, 15) is 5.26 Å². The first-order valence-electron chi connectivity index (χ1n) is 5.70. The summed E-state index contributed by atoms with van der Waals surface area (Å²) < 4.78 is 6.00. The molecule has 0 aliphatic rings. The first-order valence-corrected chi connectivity index (χ1v) is 6.49. The van der Waals surface area contributed by atoms with Gasteiger partial charge >= 0.3 is 0 Å². The fraction of sp³-hybridized carbons (Fsp3) is 0.417. The summed E-state index contributed by atoms with van der Waals surface area (Å²) >= 11 is 3.42. The largest absolute Gasteiger partial charge is 0.497 e. The lowest BCUT2D eigenvalue weighted by Gasteiger charge is -2.14.